The molecule has 2 atom stereocenters. The Morgan fingerprint density at radius 3 is 2.50 bits per heavy atom. The van der Waals surface area contributed by atoms with Crippen LogP contribution in [0.4, 0.5) is 13.2 Å². The summed E-state index contributed by atoms with van der Waals surface area (Å²) in [7, 11) is 0. The smallest absolute Gasteiger partial charge is 0.425 e. The summed E-state index contributed by atoms with van der Waals surface area (Å²) in [6.07, 6.45) is -6.98. The van der Waals surface area contributed by atoms with Gasteiger partial charge in [0.05, 0.1) is 11.1 Å². The fourth-order valence-corrected chi connectivity index (χ4v) is 3.36. The van der Waals surface area contributed by atoms with Gasteiger partial charge in [0.15, 0.2) is 6.10 Å². The van der Waals surface area contributed by atoms with E-state index in [4.69, 9.17) is 4.74 Å². The van der Waals surface area contributed by atoms with Gasteiger partial charge in [0, 0.05) is 12.8 Å². The van der Waals surface area contributed by atoms with Crippen LogP contribution in [0.25, 0.3) is 0 Å². The lowest BCUT2D eigenvalue weighted by Gasteiger charge is -2.27. The molecule has 2 unspecified atom stereocenters. The number of unbranched alkanes of at least 4 members (excludes halogenated alkanes) is 1. The van der Waals surface area contributed by atoms with Crippen molar-refractivity contribution in [3.05, 3.63) is 29.3 Å². The van der Waals surface area contributed by atoms with E-state index in [9.17, 15) is 37.1 Å². The van der Waals surface area contributed by atoms with Gasteiger partial charge in [-0.25, -0.2) is 0 Å². The van der Waals surface area contributed by atoms with Gasteiger partial charge in [-0.1, -0.05) is 0 Å². The van der Waals surface area contributed by atoms with E-state index in [1.54, 1.807) is 0 Å². The molecule has 2 aliphatic heterocycles. The number of piperidine rings is 1. The molecule has 160 valence electrons. The molecule has 1 aromatic rings. The van der Waals surface area contributed by atoms with Crippen molar-refractivity contribution in [3.63, 3.8) is 0 Å². The van der Waals surface area contributed by atoms with Crippen molar-refractivity contribution in [1.82, 2.24) is 10.2 Å². The van der Waals surface area contributed by atoms with Crippen LogP contribution in [0, 0.1) is 0 Å². The van der Waals surface area contributed by atoms with Crippen molar-refractivity contribution in [2.24, 2.45) is 0 Å². The lowest BCUT2D eigenvalue weighted by molar-refractivity contribution is -0.197. The maximum Gasteiger partial charge on any atom is 0.425 e. The molecule has 8 nitrogen and oxygen atoms in total. The second-order valence-corrected chi connectivity index (χ2v) is 6.90. The van der Waals surface area contributed by atoms with E-state index in [1.807, 2.05) is 0 Å². The van der Waals surface area contributed by atoms with Gasteiger partial charge in [-0.3, -0.25) is 29.4 Å². The number of ether oxygens (including phenoxy) is 1. The molecule has 0 bridgehead atoms. The Morgan fingerprint density at radius 2 is 1.87 bits per heavy atom. The van der Waals surface area contributed by atoms with Gasteiger partial charge >= 0.3 is 6.18 Å². The highest BCUT2D eigenvalue weighted by atomic mass is 19.4. The number of fused-ring (bicyclic) bond motifs is 1. The number of benzene rings is 1. The van der Waals surface area contributed by atoms with Crippen LogP contribution in [0.3, 0.4) is 0 Å². The lowest BCUT2D eigenvalue weighted by atomic mass is 10.0. The molecule has 1 aromatic carbocycles. The van der Waals surface area contributed by atoms with Crippen LogP contribution in [-0.2, 0) is 14.4 Å². The number of aldehydes is 1. The Labute approximate surface area is 168 Å². The van der Waals surface area contributed by atoms with Crippen LogP contribution in [0.5, 0.6) is 5.75 Å². The van der Waals surface area contributed by atoms with Gasteiger partial charge in [0.25, 0.3) is 11.8 Å². The first-order chi connectivity index (χ1) is 14.1. The quantitative estimate of drug-likeness (QED) is 0.404. The molecular formula is C19H17F3N2O6. The molecule has 0 spiro atoms. The molecule has 0 saturated carbocycles. The number of nitrogens with zero attached hydrogens (tertiary/aromatic N) is 1. The minimum Gasteiger partial charge on any atom is -0.481 e. The summed E-state index contributed by atoms with van der Waals surface area (Å²) < 4.78 is 44.6. The molecule has 30 heavy (non-hydrogen) atoms. The highest BCUT2D eigenvalue weighted by Crippen LogP contribution is 2.33. The van der Waals surface area contributed by atoms with Crippen molar-refractivity contribution < 1.29 is 41.9 Å². The third-order valence-electron chi connectivity index (χ3n) is 4.84. The van der Waals surface area contributed by atoms with E-state index in [0.29, 0.717) is 11.2 Å². The number of hydrogen-bond donors (Lipinski definition) is 1. The Kier molecular flexibility index (Phi) is 5.90. The molecule has 1 fully saturated rings. The van der Waals surface area contributed by atoms with Crippen LogP contribution in [0.1, 0.15) is 52.8 Å². The van der Waals surface area contributed by atoms with E-state index >= 15 is 0 Å². The monoisotopic (exact) mass is 426 g/mol. The van der Waals surface area contributed by atoms with E-state index in [2.05, 4.69) is 5.32 Å². The van der Waals surface area contributed by atoms with Crippen LogP contribution >= 0.6 is 0 Å². The Morgan fingerprint density at radius 1 is 1.17 bits per heavy atom. The summed E-state index contributed by atoms with van der Waals surface area (Å²) in [6.45, 7) is 0. The zero-order valence-corrected chi connectivity index (χ0v) is 15.5. The fraction of sp³-hybridized carbons (Fsp3) is 0.421. The van der Waals surface area contributed by atoms with Gasteiger partial charge in [0.1, 0.15) is 18.1 Å². The van der Waals surface area contributed by atoms with Gasteiger partial charge in [-0.05, 0) is 37.5 Å². The molecule has 1 N–H and O–H groups in total. The summed E-state index contributed by atoms with van der Waals surface area (Å²) in [4.78, 5) is 59.7. The van der Waals surface area contributed by atoms with Gasteiger partial charge in [-0.2, -0.15) is 13.2 Å². The zero-order valence-electron chi connectivity index (χ0n) is 15.5. The fourth-order valence-electron chi connectivity index (χ4n) is 3.36. The molecule has 2 heterocycles. The number of hydrogen-bond acceptors (Lipinski definition) is 6. The third-order valence-corrected chi connectivity index (χ3v) is 4.84. The van der Waals surface area contributed by atoms with Gasteiger partial charge in [0.2, 0.25) is 11.8 Å². The standard InChI is InChI=1S/C19H17F3N2O6/c20-19(21,22)14(3-1-2-8-25)30-10-4-5-11-12(9-10)18(29)24(17(11)28)13-6-7-15(26)23-16(13)27/h4-5,8-9,13-14H,1-3,6-7H2,(H,23,26,27). The van der Waals surface area contributed by atoms with Crippen molar-refractivity contribution in [3.8, 4) is 5.75 Å². The van der Waals surface area contributed by atoms with Crippen LogP contribution in [-0.4, -0.2) is 53.1 Å². The number of carbonyl (C=O) groups is 5. The average molecular weight is 426 g/mol. The molecule has 0 aliphatic carbocycles. The molecule has 3 rings (SSSR count). The second kappa shape index (κ2) is 8.25. The number of imide groups is 2. The summed E-state index contributed by atoms with van der Waals surface area (Å²) in [5, 5.41) is 2.05. The first-order valence-electron chi connectivity index (χ1n) is 9.16. The SMILES string of the molecule is O=CCCCC(Oc1ccc2c(c1)C(=O)N(C1CCC(=O)NC1=O)C2=O)C(F)(F)F. The topological polar surface area (TPSA) is 110 Å². The molecule has 11 heteroatoms. The predicted octanol–water partition coefficient (Wildman–Crippen LogP) is 1.77. The Hall–Kier alpha value is -3.24. The molecule has 2 aliphatic rings. The minimum absolute atomic E-state index is 0.0284. The van der Waals surface area contributed by atoms with Crippen LogP contribution in [0.2, 0.25) is 0 Å². The van der Waals surface area contributed by atoms with E-state index in [1.165, 1.54) is 0 Å². The normalized spacial score (nSPS) is 20.1. The van der Waals surface area contributed by atoms with Crippen molar-refractivity contribution in [2.45, 2.75) is 50.4 Å². The minimum atomic E-state index is -4.69. The van der Waals surface area contributed by atoms with Crippen molar-refractivity contribution in [2.75, 3.05) is 0 Å². The molecular weight excluding hydrogens is 409 g/mol. The largest absolute Gasteiger partial charge is 0.481 e. The predicted molar refractivity (Wildman–Crippen MR) is 93.5 cm³/mol. The molecule has 0 radical (unpaired) electrons. The zero-order chi connectivity index (χ0) is 22.1. The van der Waals surface area contributed by atoms with Gasteiger partial charge in [-0.15, -0.1) is 0 Å². The maximum atomic E-state index is 13.2. The summed E-state index contributed by atoms with van der Waals surface area (Å²) in [5.41, 5.74) is -0.252. The van der Waals surface area contributed by atoms with Gasteiger partial charge < -0.3 is 9.53 Å². The Balaban J connectivity index is 1.81. The number of alkyl halides is 3. The maximum absolute atomic E-state index is 13.2. The van der Waals surface area contributed by atoms with E-state index in [-0.39, 0.29) is 42.6 Å². The number of rotatable bonds is 7. The van der Waals surface area contributed by atoms with Crippen LogP contribution < -0.4 is 10.1 Å². The summed E-state index contributed by atoms with van der Waals surface area (Å²) >= 11 is 0. The van der Waals surface area contributed by atoms with Crippen molar-refractivity contribution >= 4 is 29.9 Å². The average Bonchev–Trinajstić information content (AvgIpc) is 2.91. The number of nitrogens with one attached hydrogen (secondary N) is 1. The lowest BCUT2D eigenvalue weighted by Crippen LogP contribution is -2.54. The summed E-state index contributed by atoms with van der Waals surface area (Å²) in [6, 6.07) is 2.15. The molecule has 1 saturated heterocycles. The van der Waals surface area contributed by atoms with Crippen LogP contribution in [0.15, 0.2) is 18.2 Å². The van der Waals surface area contributed by atoms with E-state index < -0.39 is 48.4 Å². The number of amides is 4. The van der Waals surface area contributed by atoms with E-state index in [0.717, 1.165) is 18.2 Å². The highest BCUT2D eigenvalue weighted by molar-refractivity contribution is 6.23. The third kappa shape index (κ3) is 4.19. The number of carbonyl (C=O) groups excluding carboxylic acids is 5. The summed E-state index contributed by atoms with van der Waals surface area (Å²) in [5.74, 6) is -3.19. The Bertz CT molecular complexity index is 914. The molecule has 0 aromatic heterocycles. The first kappa shape index (κ1) is 21.5. The highest BCUT2D eigenvalue weighted by Gasteiger charge is 2.45. The molecule has 4 amide bonds. The first-order valence-corrected chi connectivity index (χ1v) is 9.16. The van der Waals surface area contributed by atoms with Crippen molar-refractivity contribution in [1.29, 1.82) is 0 Å². The second-order valence-electron chi connectivity index (χ2n) is 6.90. The number of halogens is 3.